The van der Waals surface area contributed by atoms with Crippen LogP contribution in [0.4, 0.5) is 0 Å². The fourth-order valence-corrected chi connectivity index (χ4v) is 4.00. The van der Waals surface area contributed by atoms with Gasteiger partial charge < -0.3 is 14.2 Å². The summed E-state index contributed by atoms with van der Waals surface area (Å²) in [4.78, 5) is 31.2. The number of carbonyl (C=O) groups is 2. The number of allylic oxidation sites excluding steroid dienone is 1. The maximum Gasteiger partial charge on any atom is 0.338 e. The molecule has 8 heteroatoms. The van der Waals surface area contributed by atoms with Crippen LogP contribution in [0.1, 0.15) is 25.5 Å². The van der Waals surface area contributed by atoms with Crippen molar-refractivity contribution in [3.05, 3.63) is 35.0 Å². The molecule has 138 valence electrons. The molecule has 1 aromatic carbocycles. The molecule has 2 aliphatic heterocycles. The van der Waals surface area contributed by atoms with E-state index in [1.165, 1.54) is 11.8 Å². The van der Waals surface area contributed by atoms with Crippen LogP contribution in [0.15, 0.2) is 34.5 Å². The van der Waals surface area contributed by atoms with E-state index in [-0.39, 0.29) is 18.3 Å². The first-order valence-electron chi connectivity index (χ1n) is 8.15. The summed E-state index contributed by atoms with van der Waals surface area (Å²) in [5, 5.41) is 0.579. The fourth-order valence-electron chi connectivity index (χ4n) is 3.06. The first-order chi connectivity index (χ1) is 12.5. The minimum atomic E-state index is -0.672. The highest BCUT2D eigenvalue weighted by Crippen LogP contribution is 2.44. The Labute approximate surface area is 156 Å². The van der Waals surface area contributed by atoms with Crippen molar-refractivity contribution in [2.75, 3.05) is 26.6 Å². The van der Waals surface area contributed by atoms with Crippen LogP contribution < -0.4 is 9.47 Å². The SMILES string of the molecule is CCOC(=O)C1=C(C)N=C2SCC(=O)N2C1c1cc(OC)ccc1OC. The van der Waals surface area contributed by atoms with Crippen molar-refractivity contribution < 1.29 is 23.8 Å². The molecule has 0 aliphatic carbocycles. The zero-order valence-corrected chi connectivity index (χ0v) is 15.9. The molecular weight excluding hydrogens is 356 g/mol. The molecule has 7 nitrogen and oxygen atoms in total. The first-order valence-corrected chi connectivity index (χ1v) is 9.13. The average Bonchev–Trinajstić information content (AvgIpc) is 3.00. The van der Waals surface area contributed by atoms with Gasteiger partial charge in [0.1, 0.15) is 17.5 Å². The predicted octanol–water partition coefficient (Wildman–Crippen LogP) is 2.53. The number of methoxy groups -OCH3 is 2. The lowest BCUT2D eigenvalue weighted by molar-refractivity contribution is -0.139. The fraction of sp³-hybridized carbons (Fsp3) is 0.389. The van der Waals surface area contributed by atoms with E-state index in [9.17, 15) is 9.59 Å². The molecule has 1 saturated heterocycles. The van der Waals surface area contributed by atoms with E-state index in [4.69, 9.17) is 14.2 Å². The van der Waals surface area contributed by atoms with E-state index in [1.807, 2.05) is 0 Å². The summed E-state index contributed by atoms with van der Waals surface area (Å²) in [5.74, 6) is 0.831. The Balaban J connectivity index is 2.21. The maximum atomic E-state index is 12.7. The number of nitrogens with zero attached hydrogens (tertiary/aromatic N) is 2. The second-order valence-corrected chi connectivity index (χ2v) is 6.62. The van der Waals surface area contributed by atoms with Gasteiger partial charge in [-0.1, -0.05) is 11.8 Å². The molecule has 0 N–H and O–H groups in total. The molecule has 0 aromatic heterocycles. The molecule has 3 rings (SSSR count). The molecule has 1 fully saturated rings. The van der Waals surface area contributed by atoms with E-state index in [2.05, 4.69) is 4.99 Å². The molecule has 2 aliphatic rings. The lowest BCUT2D eigenvalue weighted by atomic mass is 9.93. The van der Waals surface area contributed by atoms with Crippen molar-refractivity contribution in [3.8, 4) is 11.5 Å². The topological polar surface area (TPSA) is 77.4 Å². The Kier molecular flexibility index (Phi) is 5.22. The standard InChI is InChI=1S/C18H20N2O5S/c1-5-25-17(22)15-10(2)19-18-20(14(21)9-26-18)16(15)12-8-11(23-3)6-7-13(12)24-4/h6-8,16H,5,9H2,1-4H3. The number of aliphatic imine (C=N–C) groups is 1. The highest BCUT2D eigenvalue weighted by molar-refractivity contribution is 8.15. The van der Waals surface area contributed by atoms with Crippen LogP contribution in [-0.4, -0.2) is 48.5 Å². The molecule has 0 radical (unpaired) electrons. The number of benzene rings is 1. The van der Waals surface area contributed by atoms with Gasteiger partial charge in [0.25, 0.3) is 0 Å². The van der Waals surface area contributed by atoms with Gasteiger partial charge in [0.05, 0.1) is 37.8 Å². The van der Waals surface area contributed by atoms with Gasteiger partial charge in [0.15, 0.2) is 5.17 Å². The zero-order chi connectivity index (χ0) is 18.8. The Morgan fingerprint density at radius 1 is 1.35 bits per heavy atom. The van der Waals surface area contributed by atoms with Crippen molar-refractivity contribution in [2.45, 2.75) is 19.9 Å². The number of esters is 1. The first kappa shape index (κ1) is 18.3. The number of fused-ring (bicyclic) bond motifs is 1. The monoisotopic (exact) mass is 376 g/mol. The molecule has 26 heavy (non-hydrogen) atoms. The van der Waals surface area contributed by atoms with Gasteiger partial charge in [-0.15, -0.1) is 0 Å². The second-order valence-electron chi connectivity index (χ2n) is 5.68. The highest BCUT2D eigenvalue weighted by Gasteiger charge is 2.44. The lowest BCUT2D eigenvalue weighted by Crippen LogP contribution is -2.39. The molecule has 2 heterocycles. The second kappa shape index (κ2) is 7.41. The van der Waals surface area contributed by atoms with Gasteiger partial charge in [-0.25, -0.2) is 9.79 Å². The molecule has 1 aromatic rings. The van der Waals surface area contributed by atoms with Crippen molar-refractivity contribution >= 4 is 28.8 Å². The highest BCUT2D eigenvalue weighted by atomic mass is 32.2. The number of ether oxygens (including phenoxy) is 3. The van der Waals surface area contributed by atoms with E-state index >= 15 is 0 Å². The number of thioether (sulfide) groups is 1. The van der Waals surface area contributed by atoms with Crippen LogP contribution >= 0.6 is 11.8 Å². The van der Waals surface area contributed by atoms with Crippen molar-refractivity contribution in [1.29, 1.82) is 0 Å². The van der Waals surface area contributed by atoms with E-state index < -0.39 is 12.0 Å². The van der Waals surface area contributed by atoms with Gasteiger partial charge in [-0.2, -0.15) is 0 Å². The number of amides is 1. The summed E-state index contributed by atoms with van der Waals surface area (Å²) in [6.45, 7) is 3.72. The Bertz CT molecular complexity index is 818. The number of carbonyl (C=O) groups excluding carboxylic acids is 2. The number of hydrogen-bond donors (Lipinski definition) is 0. The van der Waals surface area contributed by atoms with Crippen molar-refractivity contribution in [3.63, 3.8) is 0 Å². The zero-order valence-electron chi connectivity index (χ0n) is 15.1. The molecule has 1 amide bonds. The van der Waals surface area contributed by atoms with Crippen LogP contribution in [0.2, 0.25) is 0 Å². The number of amidine groups is 1. The van der Waals surface area contributed by atoms with Crippen LogP contribution in [0, 0.1) is 0 Å². The molecule has 1 unspecified atom stereocenters. The predicted molar refractivity (Wildman–Crippen MR) is 98.4 cm³/mol. The smallest absolute Gasteiger partial charge is 0.338 e. The summed E-state index contributed by atoms with van der Waals surface area (Å²) in [6, 6.07) is 4.62. The minimum Gasteiger partial charge on any atom is -0.497 e. The molecule has 0 bridgehead atoms. The van der Waals surface area contributed by atoms with Crippen molar-refractivity contribution in [2.24, 2.45) is 4.99 Å². The van der Waals surface area contributed by atoms with Gasteiger partial charge in [0, 0.05) is 5.56 Å². The van der Waals surface area contributed by atoms with Crippen molar-refractivity contribution in [1.82, 2.24) is 4.90 Å². The van der Waals surface area contributed by atoms with Crippen LogP contribution in [-0.2, 0) is 14.3 Å². The summed E-state index contributed by atoms with van der Waals surface area (Å²) >= 11 is 1.36. The largest absolute Gasteiger partial charge is 0.497 e. The Morgan fingerprint density at radius 3 is 2.77 bits per heavy atom. The quantitative estimate of drug-likeness (QED) is 0.735. The third-order valence-corrected chi connectivity index (χ3v) is 5.15. The number of rotatable bonds is 5. The van der Waals surface area contributed by atoms with E-state index in [0.29, 0.717) is 33.5 Å². The average molecular weight is 376 g/mol. The van der Waals surface area contributed by atoms with Crippen LogP contribution in [0.5, 0.6) is 11.5 Å². The molecule has 0 spiro atoms. The van der Waals surface area contributed by atoms with Gasteiger partial charge in [0.2, 0.25) is 5.91 Å². The summed E-state index contributed by atoms with van der Waals surface area (Å²) in [7, 11) is 3.11. The van der Waals surface area contributed by atoms with E-state index in [0.717, 1.165) is 0 Å². The third kappa shape index (κ3) is 3.05. The van der Waals surface area contributed by atoms with Crippen LogP contribution in [0.25, 0.3) is 0 Å². The third-order valence-electron chi connectivity index (χ3n) is 4.21. The minimum absolute atomic E-state index is 0.113. The maximum absolute atomic E-state index is 12.7. The Hall–Kier alpha value is -2.48. The van der Waals surface area contributed by atoms with Gasteiger partial charge in [-0.3, -0.25) is 9.69 Å². The lowest BCUT2D eigenvalue weighted by Gasteiger charge is -2.33. The van der Waals surface area contributed by atoms with Gasteiger partial charge in [-0.05, 0) is 32.0 Å². The molecule has 1 atom stereocenters. The Morgan fingerprint density at radius 2 is 2.12 bits per heavy atom. The van der Waals surface area contributed by atoms with Gasteiger partial charge >= 0.3 is 5.97 Å². The summed E-state index contributed by atoms with van der Waals surface area (Å²) < 4.78 is 16.1. The molecular formula is C18H20N2O5S. The number of hydrogen-bond acceptors (Lipinski definition) is 7. The normalized spacial score (nSPS) is 19.2. The van der Waals surface area contributed by atoms with E-state index in [1.54, 1.807) is 51.2 Å². The molecule has 0 saturated carbocycles. The van der Waals surface area contributed by atoms with Crippen LogP contribution in [0.3, 0.4) is 0 Å². The summed E-state index contributed by atoms with van der Waals surface area (Å²) in [6.07, 6.45) is 0. The summed E-state index contributed by atoms with van der Waals surface area (Å²) in [5.41, 5.74) is 1.52.